The minimum absolute atomic E-state index is 0. The number of aromatic amines is 1. The van der Waals surface area contributed by atoms with Crippen LogP contribution in [0.2, 0.25) is 0 Å². The molecule has 3 rings (SSSR count). The zero-order valence-electron chi connectivity index (χ0n) is 9.75. The van der Waals surface area contributed by atoms with Crippen molar-refractivity contribution in [2.75, 3.05) is 0 Å². The van der Waals surface area contributed by atoms with E-state index in [9.17, 15) is 9.90 Å². The van der Waals surface area contributed by atoms with Crippen LogP contribution in [0.3, 0.4) is 0 Å². The standard InChI is InChI=1S/C12H9N3O2.Na/c16-11-7-12(17)15-10(13-11)6-9(14-15)8-4-2-1-3-5-8;/h1-7,14,16H;/q;+1/p-1. The fourth-order valence-corrected chi connectivity index (χ4v) is 1.73. The molecule has 0 aliphatic rings. The number of fused-ring (bicyclic) bond motifs is 1. The first-order valence-electron chi connectivity index (χ1n) is 5.09. The first kappa shape index (κ1) is 12.9. The van der Waals surface area contributed by atoms with E-state index in [-0.39, 0.29) is 29.6 Å². The summed E-state index contributed by atoms with van der Waals surface area (Å²) in [7, 11) is 0. The van der Waals surface area contributed by atoms with Crippen LogP contribution in [0.5, 0.6) is 5.88 Å². The van der Waals surface area contributed by atoms with Crippen LogP contribution in [0, 0.1) is 0 Å². The predicted octanol–water partition coefficient (Wildman–Crippen LogP) is -2.23. The maximum Gasteiger partial charge on any atom is 1.00 e. The van der Waals surface area contributed by atoms with Gasteiger partial charge >= 0.3 is 29.6 Å². The molecule has 5 nitrogen and oxygen atoms in total. The Hall–Kier alpha value is -1.56. The quantitative estimate of drug-likeness (QED) is 0.496. The van der Waals surface area contributed by atoms with Gasteiger partial charge in [0, 0.05) is 12.1 Å². The molecule has 6 heteroatoms. The van der Waals surface area contributed by atoms with E-state index in [1.165, 1.54) is 4.52 Å². The van der Waals surface area contributed by atoms with Gasteiger partial charge in [-0.25, -0.2) is 9.50 Å². The Balaban J connectivity index is 0.00000120. The molecule has 0 unspecified atom stereocenters. The van der Waals surface area contributed by atoms with Gasteiger partial charge in [0.15, 0.2) is 5.65 Å². The molecule has 0 radical (unpaired) electrons. The Bertz CT molecular complexity index is 734. The second kappa shape index (κ2) is 4.97. The Kier molecular flexibility index (Phi) is 3.56. The maximum absolute atomic E-state index is 11.5. The molecule has 0 amide bonds. The predicted molar refractivity (Wildman–Crippen MR) is 60.7 cm³/mol. The van der Waals surface area contributed by atoms with Gasteiger partial charge in [0.2, 0.25) is 0 Å². The zero-order chi connectivity index (χ0) is 11.8. The summed E-state index contributed by atoms with van der Waals surface area (Å²) in [6.07, 6.45) is 0. The van der Waals surface area contributed by atoms with Crippen molar-refractivity contribution in [1.29, 1.82) is 0 Å². The van der Waals surface area contributed by atoms with Crippen molar-refractivity contribution in [2.45, 2.75) is 0 Å². The minimum atomic E-state index is -0.520. The number of hydrogen-bond donors (Lipinski definition) is 1. The summed E-state index contributed by atoms with van der Waals surface area (Å²) in [5.41, 5.74) is 1.62. The summed E-state index contributed by atoms with van der Waals surface area (Å²) in [5.74, 6) is -0.520. The molecular weight excluding hydrogens is 241 g/mol. The van der Waals surface area contributed by atoms with Gasteiger partial charge in [0.1, 0.15) is 0 Å². The molecule has 84 valence electrons. The van der Waals surface area contributed by atoms with Crippen LogP contribution < -0.4 is 40.2 Å². The van der Waals surface area contributed by atoms with E-state index in [1.54, 1.807) is 6.07 Å². The van der Waals surface area contributed by atoms with Gasteiger partial charge in [-0.15, -0.1) is 0 Å². The molecule has 0 aliphatic heterocycles. The molecule has 1 aromatic carbocycles. The third-order valence-corrected chi connectivity index (χ3v) is 2.51. The molecule has 18 heavy (non-hydrogen) atoms. The molecule has 3 aromatic rings. The van der Waals surface area contributed by atoms with Gasteiger partial charge in [0.05, 0.1) is 5.69 Å². The summed E-state index contributed by atoms with van der Waals surface area (Å²) in [6.45, 7) is 0. The first-order valence-corrected chi connectivity index (χ1v) is 5.09. The fourth-order valence-electron chi connectivity index (χ4n) is 1.73. The number of nitrogens with one attached hydrogen (secondary N) is 1. The van der Waals surface area contributed by atoms with E-state index >= 15 is 0 Å². The number of hydrogen-bond acceptors (Lipinski definition) is 3. The van der Waals surface area contributed by atoms with Crippen LogP contribution in [0.25, 0.3) is 16.9 Å². The number of rotatable bonds is 1. The Morgan fingerprint density at radius 2 is 1.89 bits per heavy atom. The second-order valence-corrected chi connectivity index (χ2v) is 3.66. The van der Waals surface area contributed by atoms with E-state index < -0.39 is 11.4 Å². The van der Waals surface area contributed by atoms with Crippen molar-refractivity contribution in [1.82, 2.24) is 14.6 Å². The summed E-state index contributed by atoms with van der Waals surface area (Å²) < 4.78 is 1.25. The molecule has 0 saturated heterocycles. The van der Waals surface area contributed by atoms with Crippen LogP contribution in [-0.2, 0) is 0 Å². The van der Waals surface area contributed by atoms with Crippen molar-refractivity contribution >= 4 is 5.65 Å². The van der Waals surface area contributed by atoms with Crippen LogP contribution in [0.4, 0.5) is 0 Å². The molecule has 0 fully saturated rings. The summed E-state index contributed by atoms with van der Waals surface area (Å²) in [6, 6.07) is 12.2. The third kappa shape index (κ3) is 2.20. The molecule has 0 spiro atoms. The average molecular weight is 249 g/mol. The Morgan fingerprint density at radius 1 is 1.17 bits per heavy atom. The molecule has 0 atom stereocenters. The Labute approximate surface area is 124 Å². The van der Waals surface area contributed by atoms with E-state index in [1.807, 2.05) is 30.3 Å². The monoisotopic (exact) mass is 249 g/mol. The maximum atomic E-state index is 11.5. The molecule has 2 heterocycles. The Morgan fingerprint density at radius 3 is 2.61 bits per heavy atom. The molecule has 1 N–H and O–H groups in total. The minimum Gasteiger partial charge on any atom is -0.858 e. The van der Waals surface area contributed by atoms with Crippen LogP contribution in [0.15, 0.2) is 47.3 Å². The van der Waals surface area contributed by atoms with Crippen LogP contribution in [-0.4, -0.2) is 14.6 Å². The van der Waals surface area contributed by atoms with Gasteiger partial charge in [-0.1, -0.05) is 30.3 Å². The zero-order valence-corrected chi connectivity index (χ0v) is 11.8. The molecule has 0 aliphatic carbocycles. The summed E-state index contributed by atoms with van der Waals surface area (Å²) in [4.78, 5) is 15.3. The van der Waals surface area contributed by atoms with Crippen molar-refractivity contribution in [3.8, 4) is 17.1 Å². The third-order valence-electron chi connectivity index (χ3n) is 2.51. The topological polar surface area (TPSA) is 73.2 Å². The van der Waals surface area contributed by atoms with E-state index in [4.69, 9.17) is 0 Å². The fraction of sp³-hybridized carbons (Fsp3) is 0. The number of nitrogens with zero attached hydrogens (tertiary/aromatic N) is 2. The smallest absolute Gasteiger partial charge is 0.858 e. The largest absolute Gasteiger partial charge is 1.00 e. The van der Waals surface area contributed by atoms with Gasteiger partial charge in [-0.3, -0.25) is 9.89 Å². The van der Waals surface area contributed by atoms with Gasteiger partial charge in [-0.2, -0.15) is 0 Å². The number of aromatic nitrogens is 3. The van der Waals surface area contributed by atoms with Gasteiger partial charge < -0.3 is 5.11 Å². The molecule has 2 aromatic heterocycles. The van der Waals surface area contributed by atoms with E-state index in [2.05, 4.69) is 10.1 Å². The van der Waals surface area contributed by atoms with Gasteiger partial charge in [-0.05, 0) is 11.4 Å². The first-order chi connectivity index (χ1) is 8.24. The van der Waals surface area contributed by atoms with Crippen molar-refractivity contribution in [3.63, 3.8) is 0 Å². The van der Waals surface area contributed by atoms with E-state index in [0.717, 1.165) is 17.3 Å². The molecular formula is C12H8N3NaO2. The van der Waals surface area contributed by atoms with Crippen LogP contribution in [0.1, 0.15) is 0 Å². The SMILES string of the molecule is O=c1cc([O-])nc2cc(-c3ccccc3)[nH]n12.[Na+]. The number of H-pyrrole nitrogens is 1. The van der Waals surface area contributed by atoms with Crippen molar-refractivity contribution in [2.24, 2.45) is 0 Å². The summed E-state index contributed by atoms with van der Waals surface area (Å²) in [5, 5.41) is 14.0. The molecule has 0 bridgehead atoms. The van der Waals surface area contributed by atoms with E-state index in [0.29, 0.717) is 5.65 Å². The van der Waals surface area contributed by atoms with Crippen molar-refractivity contribution < 1.29 is 34.7 Å². The number of benzene rings is 1. The second-order valence-electron chi connectivity index (χ2n) is 3.66. The molecule has 0 saturated carbocycles. The van der Waals surface area contributed by atoms with Crippen LogP contribution >= 0.6 is 0 Å². The normalized spacial score (nSPS) is 10.2. The van der Waals surface area contributed by atoms with Gasteiger partial charge in [0.25, 0.3) is 5.56 Å². The average Bonchev–Trinajstić information content (AvgIpc) is 2.74. The van der Waals surface area contributed by atoms with Crippen molar-refractivity contribution in [3.05, 3.63) is 52.8 Å². The summed E-state index contributed by atoms with van der Waals surface area (Å²) >= 11 is 0.